The molecule has 0 spiro atoms. The van der Waals surface area contributed by atoms with E-state index in [1.807, 2.05) is 0 Å². The minimum absolute atomic E-state index is 0.495. The van der Waals surface area contributed by atoms with Crippen molar-refractivity contribution < 1.29 is 0 Å². The molecule has 1 aliphatic rings. The smallest absolute Gasteiger partial charge is 0.0372 e. The van der Waals surface area contributed by atoms with Crippen LogP contribution in [0.15, 0.2) is 18.2 Å². The van der Waals surface area contributed by atoms with Crippen LogP contribution in [0.3, 0.4) is 0 Å². The number of benzene rings is 1. The van der Waals surface area contributed by atoms with Crippen LogP contribution in [0.5, 0.6) is 0 Å². The van der Waals surface area contributed by atoms with Gasteiger partial charge in [-0.2, -0.15) is 0 Å². The number of rotatable bonds is 3. The predicted molar refractivity (Wildman–Crippen MR) is 65.1 cm³/mol. The summed E-state index contributed by atoms with van der Waals surface area (Å²) in [6.07, 6.45) is 2.71. The molecule has 1 aromatic carbocycles. The second kappa shape index (κ2) is 3.64. The van der Waals surface area contributed by atoms with Crippen molar-refractivity contribution in [1.82, 2.24) is 5.32 Å². The van der Waals surface area contributed by atoms with E-state index in [9.17, 15) is 0 Å². The molecule has 1 saturated carbocycles. The Kier molecular flexibility index (Phi) is 2.59. The lowest BCUT2D eigenvalue weighted by Crippen LogP contribution is -2.24. The molecule has 0 aliphatic heterocycles. The molecular formula is C14H21N. The van der Waals surface area contributed by atoms with Gasteiger partial charge in [0.2, 0.25) is 0 Å². The lowest BCUT2D eigenvalue weighted by Gasteiger charge is -2.24. The van der Waals surface area contributed by atoms with Crippen molar-refractivity contribution in [2.45, 2.75) is 39.7 Å². The summed E-state index contributed by atoms with van der Waals surface area (Å²) in [4.78, 5) is 0. The average Bonchev–Trinajstić information content (AvgIpc) is 2.83. The fraction of sp³-hybridized carbons (Fsp3) is 0.571. The van der Waals surface area contributed by atoms with Gasteiger partial charge < -0.3 is 5.32 Å². The van der Waals surface area contributed by atoms with E-state index in [-0.39, 0.29) is 0 Å². The molecule has 1 unspecified atom stereocenters. The highest BCUT2D eigenvalue weighted by molar-refractivity contribution is 5.32. The number of hydrogen-bond donors (Lipinski definition) is 1. The Bertz CT molecular complexity index is 343. The van der Waals surface area contributed by atoms with Gasteiger partial charge in [-0.1, -0.05) is 36.2 Å². The maximum atomic E-state index is 3.48. The van der Waals surface area contributed by atoms with Gasteiger partial charge in [0.15, 0.2) is 0 Å². The van der Waals surface area contributed by atoms with Gasteiger partial charge in [0.1, 0.15) is 0 Å². The highest BCUT2D eigenvalue weighted by Gasteiger charge is 2.44. The first kappa shape index (κ1) is 10.7. The second-order valence-corrected chi connectivity index (χ2v) is 5.30. The molecule has 1 fully saturated rings. The summed E-state index contributed by atoms with van der Waals surface area (Å²) < 4.78 is 0. The van der Waals surface area contributed by atoms with E-state index in [2.05, 4.69) is 51.3 Å². The molecule has 1 nitrogen and oxygen atoms in total. The molecule has 1 atom stereocenters. The third-order valence-corrected chi connectivity index (χ3v) is 3.60. The average molecular weight is 203 g/mol. The Morgan fingerprint density at radius 1 is 1.13 bits per heavy atom. The van der Waals surface area contributed by atoms with Crippen molar-refractivity contribution in [3.63, 3.8) is 0 Å². The predicted octanol–water partition coefficient (Wildman–Crippen LogP) is 3.36. The van der Waals surface area contributed by atoms with Gasteiger partial charge in [0, 0.05) is 6.04 Å². The maximum absolute atomic E-state index is 3.48. The summed E-state index contributed by atoms with van der Waals surface area (Å²) >= 11 is 0. The van der Waals surface area contributed by atoms with E-state index in [4.69, 9.17) is 0 Å². The Balaban J connectivity index is 2.34. The molecule has 82 valence electrons. The zero-order valence-corrected chi connectivity index (χ0v) is 10.2. The first-order chi connectivity index (χ1) is 7.05. The summed E-state index contributed by atoms with van der Waals surface area (Å²) in [5.74, 6) is 0. The van der Waals surface area contributed by atoms with E-state index in [0.29, 0.717) is 11.5 Å². The van der Waals surface area contributed by atoms with Crippen molar-refractivity contribution in [2.75, 3.05) is 7.05 Å². The van der Waals surface area contributed by atoms with Crippen molar-refractivity contribution >= 4 is 0 Å². The van der Waals surface area contributed by atoms with E-state index < -0.39 is 0 Å². The molecule has 1 aliphatic carbocycles. The third kappa shape index (κ3) is 2.07. The van der Waals surface area contributed by atoms with Crippen molar-refractivity contribution in [1.29, 1.82) is 0 Å². The van der Waals surface area contributed by atoms with Gasteiger partial charge in [-0.25, -0.2) is 0 Å². The number of hydrogen-bond acceptors (Lipinski definition) is 1. The standard InChI is InChI=1S/C14H21N/c1-10-7-11(2)9-12(8-10)13(15-4)14(3)5-6-14/h7-9,13,15H,5-6H2,1-4H3. The molecule has 0 saturated heterocycles. The van der Waals surface area contributed by atoms with Gasteiger partial charge in [-0.05, 0) is 44.7 Å². The first-order valence-corrected chi connectivity index (χ1v) is 5.81. The molecule has 1 N–H and O–H groups in total. The Hall–Kier alpha value is -0.820. The summed E-state index contributed by atoms with van der Waals surface area (Å²) in [5, 5.41) is 3.48. The van der Waals surface area contributed by atoms with Crippen LogP contribution in [0.4, 0.5) is 0 Å². The second-order valence-electron chi connectivity index (χ2n) is 5.30. The minimum Gasteiger partial charge on any atom is -0.313 e. The Morgan fingerprint density at radius 3 is 2.07 bits per heavy atom. The van der Waals surface area contributed by atoms with Crippen LogP contribution >= 0.6 is 0 Å². The molecule has 0 bridgehead atoms. The summed E-state index contributed by atoms with van der Waals surface area (Å²) in [7, 11) is 2.08. The van der Waals surface area contributed by atoms with E-state index in [1.54, 1.807) is 0 Å². The van der Waals surface area contributed by atoms with Crippen LogP contribution in [0.1, 0.15) is 42.5 Å². The van der Waals surface area contributed by atoms with Gasteiger partial charge in [0.25, 0.3) is 0 Å². The van der Waals surface area contributed by atoms with Gasteiger partial charge in [0.05, 0.1) is 0 Å². The largest absolute Gasteiger partial charge is 0.313 e. The van der Waals surface area contributed by atoms with E-state index >= 15 is 0 Å². The number of aryl methyl sites for hydroxylation is 2. The van der Waals surface area contributed by atoms with Crippen LogP contribution in [0.25, 0.3) is 0 Å². The zero-order chi connectivity index (χ0) is 11.1. The molecule has 1 heteroatoms. The fourth-order valence-electron chi connectivity index (χ4n) is 2.58. The third-order valence-electron chi connectivity index (χ3n) is 3.60. The highest BCUT2D eigenvalue weighted by atomic mass is 14.9. The van der Waals surface area contributed by atoms with Crippen LogP contribution in [-0.4, -0.2) is 7.05 Å². The molecule has 0 amide bonds. The van der Waals surface area contributed by atoms with Gasteiger partial charge in [-0.3, -0.25) is 0 Å². The van der Waals surface area contributed by atoms with Crippen LogP contribution in [0, 0.1) is 19.3 Å². The van der Waals surface area contributed by atoms with E-state index in [0.717, 1.165) is 0 Å². The summed E-state index contributed by atoms with van der Waals surface area (Å²) in [6, 6.07) is 7.40. The zero-order valence-electron chi connectivity index (χ0n) is 10.2. The van der Waals surface area contributed by atoms with Crippen LogP contribution in [0.2, 0.25) is 0 Å². The Morgan fingerprint density at radius 2 is 1.67 bits per heavy atom. The monoisotopic (exact) mass is 203 g/mol. The van der Waals surface area contributed by atoms with Gasteiger partial charge in [-0.15, -0.1) is 0 Å². The van der Waals surface area contributed by atoms with Gasteiger partial charge >= 0.3 is 0 Å². The minimum atomic E-state index is 0.495. The highest BCUT2D eigenvalue weighted by Crippen LogP contribution is 2.54. The van der Waals surface area contributed by atoms with Crippen LogP contribution < -0.4 is 5.32 Å². The molecule has 2 rings (SSSR count). The SMILES string of the molecule is CNC(c1cc(C)cc(C)c1)C1(C)CC1. The normalized spacial score (nSPS) is 20.0. The fourth-order valence-corrected chi connectivity index (χ4v) is 2.58. The first-order valence-electron chi connectivity index (χ1n) is 5.81. The summed E-state index contributed by atoms with van der Waals surface area (Å²) in [5.41, 5.74) is 4.69. The molecular weight excluding hydrogens is 182 g/mol. The van der Waals surface area contributed by atoms with Crippen molar-refractivity contribution in [3.8, 4) is 0 Å². The summed E-state index contributed by atoms with van der Waals surface area (Å²) in [6.45, 7) is 6.74. The van der Waals surface area contributed by atoms with E-state index in [1.165, 1.54) is 29.5 Å². The molecule has 0 heterocycles. The molecule has 0 aromatic heterocycles. The van der Waals surface area contributed by atoms with Crippen molar-refractivity contribution in [2.24, 2.45) is 5.41 Å². The quantitative estimate of drug-likeness (QED) is 0.794. The topological polar surface area (TPSA) is 12.0 Å². The molecule has 0 radical (unpaired) electrons. The lowest BCUT2D eigenvalue weighted by atomic mass is 9.90. The van der Waals surface area contributed by atoms with Crippen LogP contribution in [-0.2, 0) is 0 Å². The lowest BCUT2D eigenvalue weighted by molar-refractivity contribution is 0.390. The molecule has 1 aromatic rings. The Labute approximate surface area is 92.9 Å². The number of nitrogens with one attached hydrogen (secondary N) is 1. The molecule has 15 heavy (non-hydrogen) atoms. The van der Waals surface area contributed by atoms with Crippen molar-refractivity contribution in [3.05, 3.63) is 34.9 Å². The maximum Gasteiger partial charge on any atom is 0.0372 e.